The number of carbonyl (C=O) groups is 3. The van der Waals surface area contributed by atoms with E-state index in [0.29, 0.717) is 30.9 Å². The van der Waals surface area contributed by atoms with Crippen LogP contribution in [0.1, 0.15) is 36.2 Å². The Morgan fingerprint density at radius 1 is 0.933 bits per heavy atom. The molecule has 0 radical (unpaired) electrons. The van der Waals surface area contributed by atoms with Crippen molar-refractivity contribution in [2.75, 3.05) is 32.0 Å². The number of urea groups is 1. The molecule has 0 unspecified atom stereocenters. The summed E-state index contributed by atoms with van der Waals surface area (Å²) in [6.07, 6.45) is 0.138. The van der Waals surface area contributed by atoms with Gasteiger partial charge < -0.3 is 20.4 Å². The Morgan fingerprint density at radius 3 is 2.30 bits per heavy atom. The number of anilines is 1. The number of rotatable bonds is 9. The minimum Gasteiger partial charge on any atom is -0.339 e. The number of nitrogens with zero attached hydrogens (tertiary/aromatic N) is 2. The topological polar surface area (TPSA) is 81.8 Å². The fourth-order valence-corrected chi connectivity index (χ4v) is 2.99. The fourth-order valence-electron chi connectivity index (χ4n) is 2.99. The average molecular weight is 411 g/mol. The van der Waals surface area contributed by atoms with Gasteiger partial charge in [0.2, 0.25) is 5.91 Å². The van der Waals surface area contributed by atoms with E-state index in [1.165, 1.54) is 0 Å². The summed E-state index contributed by atoms with van der Waals surface area (Å²) in [6.45, 7) is 5.83. The van der Waals surface area contributed by atoms with Gasteiger partial charge in [-0.1, -0.05) is 36.4 Å². The van der Waals surface area contributed by atoms with Gasteiger partial charge in [-0.2, -0.15) is 0 Å². The van der Waals surface area contributed by atoms with Crippen LogP contribution in [0.25, 0.3) is 0 Å². The summed E-state index contributed by atoms with van der Waals surface area (Å²) in [5.74, 6) is -0.293. The molecule has 2 rings (SSSR count). The molecule has 7 heteroatoms. The predicted octanol–water partition coefficient (Wildman–Crippen LogP) is 3.34. The molecule has 0 aromatic heterocycles. The van der Waals surface area contributed by atoms with Crippen molar-refractivity contribution < 1.29 is 14.4 Å². The lowest BCUT2D eigenvalue weighted by atomic mass is 10.1. The van der Waals surface area contributed by atoms with Crippen molar-refractivity contribution in [3.05, 3.63) is 65.7 Å². The van der Waals surface area contributed by atoms with Gasteiger partial charge in [0.25, 0.3) is 5.91 Å². The van der Waals surface area contributed by atoms with E-state index in [1.807, 2.05) is 44.2 Å². The summed E-state index contributed by atoms with van der Waals surface area (Å²) in [7, 11) is 1.71. The van der Waals surface area contributed by atoms with Crippen LogP contribution in [0.4, 0.5) is 10.5 Å². The molecule has 2 aromatic rings. The number of benzene rings is 2. The third kappa shape index (κ3) is 6.92. The SMILES string of the molecule is CCN(CC)C(=O)c1cccc(NC(=O)CCNC(=O)N(C)Cc2ccccc2)c1. The van der Waals surface area contributed by atoms with Gasteiger partial charge in [-0.05, 0) is 37.6 Å². The smallest absolute Gasteiger partial charge is 0.317 e. The first-order chi connectivity index (χ1) is 14.4. The first kappa shape index (κ1) is 22.9. The predicted molar refractivity (Wildman–Crippen MR) is 118 cm³/mol. The van der Waals surface area contributed by atoms with Crippen LogP contribution in [0.5, 0.6) is 0 Å². The van der Waals surface area contributed by atoms with E-state index in [9.17, 15) is 14.4 Å². The summed E-state index contributed by atoms with van der Waals surface area (Å²) in [4.78, 5) is 40.1. The van der Waals surface area contributed by atoms with Crippen molar-refractivity contribution in [1.29, 1.82) is 0 Å². The van der Waals surface area contributed by atoms with Crippen molar-refractivity contribution in [3.63, 3.8) is 0 Å². The molecule has 0 aliphatic carbocycles. The van der Waals surface area contributed by atoms with Gasteiger partial charge in [0, 0.05) is 50.9 Å². The molecular weight excluding hydrogens is 380 g/mol. The van der Waals surface area contributed by atoms with E-state index >= 15 is 0 Å². The Bertz CT molecular complexity index is 851. The Morgan fingerprint density at radius 2 is 1.63 bits per heavy atom. The van der Waals surface area contributed by atoms with Crippen LogP contribution in [0, 0.1) is 0 Å². The average Bonchev–Trinajstić information content (AvgIpc) is 2.75. The summed E-state index contributed by atoms with van der Waals surface area (Å²) in [6, 6.07) is 16.3. The molecule has 4 amide bonds. The standard InChI is InChI=1S/C23H30N4O3/c1-4-27(5-2)22(29)19-12-9-13-20(16-19)25-21(28)14-15-24-23(30)26(3)17-18-10-7-6-8-11-18/h6-13,16H,4-5,14-15,17H2,1-3H3,(H,24,30)(H,25,28). The zero-order valence-electron chi connectivity index (χ0n) is 17.9. The molecule has 0 atom stereocenters. The van der Waals surface area contributed by atoms with Crippen molar-refractivity contribution >= 4 is 23.5 Å². The second-order valence-electron chi connectivity index (χ2n) is 6.93. The Labute approximate surface area is 178 Å². The van der Waals surface area contributed by atoms with E-state index in [-0.39, 0.29) is 30.8 Å². The highest BCUT2D eigenvalue weighted by Gasteiger charge is 2.14. The van der Waals surface area contributed by atoms with Crippen molar-refractivity contribution in [2.45, 2.75) is 26.8 Å². The van der Waals surface area contributed by atoms with Gasteiger partial charge >= 0.3 is 6.03 Å². The number of hydrogen-bond donors (Lipinski definition) is 2. The van der Waals surface area contributed by atoms with Crippen LogP contribution in [0.3, 0.4) is 0 Å². The van der Waals surface area contributed by atoms with Crippen LogP contribution in [-0.2, 0) is 11.3 Å². The molecule has 0 heterocycles. The molecule has 0 bridgehead atoms. The minimum atomic E-state index is -0.238. The third-order valence-corrected chi connectivity index (χ3v) is 4.68. The molecule has 0 aliphatic rings. The Hall–Kier alpha value is -3.35. The lowest BCUT2D eigenvalue weighted by Crippen LogP contribution is -2.38. The summed E-state index contributed by atoms with van der Waals surface area (Å²) < 4.78 is 0. The number of carbonyl (C=O) groups excluding carboxylic acids is 3. The minimum absolute atomic E-state index is 0.0650. The maximum atomic E-state index is 12.4. The first-order valence-electron chi connectivity index (χ1n) is 10.2. The van der Waals surface area contributed by atoms with Crippen LogP contribution in [0.2, 0.25) is 0 Å². The van der Waals surface area contributed by atoms with Crippen LogP contribution >= 0.6 is 0 Å². The highest BCUT2D eigenvalue weighted by atomic mass is 16.2. The van der Waals surface area contributed by atoms with Gasteiger partial charge in [0.05, 0.1) is 0 Å². The fraction of sp³-hybridized carbons (Fsp3) is 0.348. The second kappa shape index (κ2) is 11.6. The lowest BCUT2D eigenvalue weighted by molar-refractivity contribution is -0.116. The van der Waals surface area contributed by atoms with Gasteiger partial charge in [0.15, 0.2) is 0 Å². The summed E-state index contributed by atoms with van der Waals surface area (Å²) in [5.41, 5.74) is 2.13. The summed E-state index contributed by atoms with van der Waals surface area (Å²) >= 11 is 0. The van der Waals surface area contributed by atoms with E-state index in [1.54, 1.807) is 41.1 Å². The quantitative estimate of drug-likeness (QED) is 0.665. The zero-order valence-corrected chi connectivity index (χ0v) is 17.9. The maximum Gasteiger partial charge on any atom is 0.317 e. The lowest BCUT2D eigenvalue weighted by Gasteiger charge is -2.19. The highest BCUT2D eigenvalue weighted by Crippen LogP contribution is 2.13. The number of hydrogen-bond acceptors (Lipinski definition) is 3. The van der Waals surface area contributed by atoms with Gasteiger partial charge in [0.1, 0.15) is 0 Å². The highest BCUT2D eigenvalue weighted by molar-refractivity contribution is 5.97. The molecule has 0 saturated carbocycles. The van der Waals surface area contributed by atoms with Gasteiger partial charge in [-0.15, -0.1) is 0 Å². The van der Waals surface area contributed by atoms with Gasteiger partial charge in [-0.3, -0.25) is 9.59 Å². The molecular formula is C23H30N4O3. The second-order valence-corrected chi connectivity index (χ2v) is 6.93. The normalized spacial score (nSPS) is 10.2. The molecule has 160 valence electrons. The first-order valence-corrected chi connectivity index (χ1v) is 10.2. The molecule has 0 fully saturated rings. The third-order valence-electron chi connectivity index (χ3n) is 4.68. The van der Waals surface area contributed by atoms with Crippen LogP contribution in [0.15, 0.2) is 54.6 Å². The van der Waals surface area contributed by atoms with Crippen molar-refractivity contribution in [1.82, 2.24) is 15.1 Å². The monoisotopic (exact) mass is 410 g/mol. The molecule has 2 N–H and O–H groups in total. The maximum absolute atomic E-state index is 12.4. The zero-order chi connectivity index (χ0) is 21.9. The molecule has 0 saturated heterocycles. The number of nitrogens with one attached hydrogen (secondary N) is 2. The van der Waals surface area contributed by atoms with Crippen molar-refractivity contribution in [2.24, 2.45) is 0 Å². The summed E-state index contributed by atoms with van der Waals surface area (Å²) in [5, 5.41) is 5.52. The molecule has 2 aromatic carbocycles. The van der Waals surface area contributed by atoms with Crippen LogP contribution in [-0.4, -0.2) is 54.3 Å². The van der Waals surface area contributed by atoms with E-state index in [0.717, 1.165) is 5.56 Å². The van der Waals surface area contributed by atoms with Gasteiger partial charge in [-0.25, -0.2) is 4.79 Å². The molecule has 0 aliphatic heterocycles. The Kier molecular flexibility index (Phi) is 8.87. The molecule has 0 spiro atoms. The number of amides is 4. The van der Waals surface area contributed by atoms with E-state index < -0.39 is 0 Å². The van der Waals surface area contributed by atoms with Crippen LogP contribution < -0.4 is 10.6 Å². The van der Waals surface area contributed by atoms with Crippen molar-refractivity contribution in [3.8, 4) is 0 Å². The van der Waals surface area contributed by atoms with E-state index in [4.69, 9.17) is 0 Å². The Balaban J connectivity index is 1.80. The molecule has 7 nitrogen and oxygen atoms in total. The van der Waals surface area contributed by atoms with E-state index in [2.05, 4.69) is 10.6 Å². The largest absolute Gasteiger partial charge is 0.339 e. The molecule has 30 heavy (non-hydrogen) atoms.